The molecule has 6 nitrogen and oxygen atoms in total. The predicted octanol–water partition coefficient (Wildman–Crippen LogP) is 2.21. The van der Waals surface area contributed by atoms with Crippen molar-refractivity contribution < 1.29 is 13.6 Å². The van der Waals surface area contributed by atoms with Gasteiger partial charge in [0.2, 0.25) is 0 Å². The van der Waals surface area contributed by atoms with Gasteiger partial charge in [0.15, 0.2) is 5.84 Å². The van der Waals surface area contributed by atoms with E-state index in [1.807, 2.05) is 6.92 Å². The highest BCUT2D eigenvalue weighted by Crippen LogP contribution is 2.24. The van der Waals surface area contributed by atoms with Gasteiger partial charge in [0, 0.05) is 16.1 Å². The van der Waals surface area contributed by atoms with E-state index in [2.05, 4.69) is 9.88 Å². The average Bonchev–Trinajstić information content (AvgIpc) is 2.96. The fourth-order valence-corrected chi connectivity index (χ4v) is 4.02. The van der Waals surface area contributed by atoms with Crippen molar-refractivity contribution in [3.63, 3.8) is 0 Å². The van der Waals surface area contributed by atoms with E-state index in [4.69, 9.17) is 10.9 Å². The lowest BCUT2D eigenvalue weighted by Gasteiger charge is -2.07. The molecule has 0 spiro atoms. The first-order chi connectivity index (χ1) is 9.96. The molecule has 2 rings (SSSR count). The summed E-state index contributed by atoms with van der Waals surface area (Å²) in [6.45, 7) is 1.97. The lowest BCUT2D eigenvalue weighted by Crippen LogP contribution is -2.14. The predicted molar refractivity (Wildman–Crippen MR) is 83.5 cm³/mol. The number of aryl methyl sites for hydroxylation is 1. The number of thiophene rings is 1. The first kappa shape index (κ1) is 15.3. The standard InChI is InChI=1S/C13H15N3O3S2/c1-2-11-7-8-12(20-11)21(18,19)16-10-5-3-9(4-6-10)13(14)15-17/h3-8,16-17H,2H2,1H3,(H2,14,15). The minimum Gasteiger partial charge on any atom is -0.409 e. The van der Waals surface area contributed by atoms with Crippen molar-refractivity contribution >= 4 is 32.9 Å². The van der Waals surface area contributed by atoms with Crippen LogP contribution >= 0.6 is 11.3 Å². The van der Waals surface area contributed by atoms with Gasteiger partial charge in [-0.2, -0.15) is 0 Å². The smallest absolute Gasteiger partial charge is 0.271 e. The van der Waals surface area contributed by atoms with Crippen LogP contribution < -0.4 is 10.5 Å². The normalized spacial score (nSPS) is 12.3. The van der Waals surface area contributed by atoms with E-state index in [0.717, 1.165) is 11.3 Å². The number of rotatable bonds is 5. The molecule has 0 bridgehead atoms. The van der Waals surface area contributed by atoms with E-state index in [9.17, 15) is 8.42 Å². The van der Waals surface area contributed by atoms with Gasteiger partial charge >= 0.3 is 0 Å². The number of nitrogens with zero attached hydrogens (tertiary/aromatic N) is 1. The fourth-order valence-electron chi connectivity index (χ4n) is 1.66. The molecule has 0 aliphatic heterocycles. The van der Waals surface area contributed by atoms with Crippen molar-refractivity contribution in [3.05, 3.63) is 46.8 Å². The SMILES string of the molecule is CCc1ccc(S(=O)(=O)Nc2ccc(C(N)=NO)cc2)s1. The molecule has 0 atom stereocenters. The van der Waals surface area contributed by atoms with Crippen molar-refractivity contribution in [1.29, 1.82) is 0 Å². The molecule has 21 heavy (non-hydrogen) atoms. The second-order valence-electron chi connectivity index (χ2n) is 4.24. The number of benzene rings is 1. The second kappa shape index (κ2) is 6.15. The Labute approximate surface area is 127 Å². The Morgan fingerprint density at radius 3 is 2.48 bits per heavy atom. The highest BCUT2D eigenvalue weighted by molar-refractivity contribution is 7.94. The second-order valence-corrected chi connectivity index (χ2v) is 7.32. The minimum absolute atomic E-state index is 0.0322. The van der Waals surface area contributed by atoms with Crippen LogP contribution in [0.5, 0.6) is 0 Å². The van der Waals surface area contributed by atoms with Crippen molar-refractivity contribution in [2.45, 2.75) is 17.6 Å². The summed E-state index contributed by atoms with van der Waals surface area (Å²) in [6.07, 6.45) is 0.800. The Morgan fingerprint density at radius 1 is 1.29 bits per heavy atom. The number of nitrogens with one attached hydrogen (secondary N) is 1. The molecule has 0 aliphatic rings. The van der Waals surface area contributed by atoms with E-state index < -0.39 is 10.0 Å². The van der Waals surface area contributed by atoms with E-state index in [1.165, 1.54) is 11.3 Å². The number of nitrogens with two attached hydrogens (primary N) is 1. The van der Waals surface area contributed by atoms with Crippen LogP contribution in [0.4, 0.5) is 5.69 Å². The van der Waals surface area contributed by atoms with E-state index >= 15 is 0 Å². The minimum atomic E-state index is -3.58. The molecule has 0 saturated carbocycles. The highest BCUT2D eigenvalue weighted by atomic mass is 32.2. The molecule has 8 heteroatoms. The lowest BCUT2D eigenvalue weighted by molar-refractivity contribution is 0.318. The van der Waals surface area contributed by atoms with Crippen molar-refractivity contribution in [1.82, 2.24) is 0 Å². The maximum absolute atomic E-state index is 12.2. The molecule has 1 heterocycles. The van der Waals surface area contributed by atoms with Crippen LogP contribution in [-0.4, -0.2) is 19.5 Å². The molecule has 1 aromatic heterocycles. The number of sulfonamides is 1. The summed E-state index contributed by atoms with van der Waals surface area (Å²) in [5.41, 5.74) is 6.36. The third kappa shape index (κ3) is 3.53. The summed E-state index contributed by atoms with van der Waals surface area (Å²) in [6, 6.07) is 9.65. The molecule has 0 aliphatic carbocycles. The number of hydrogen-bond donors (Lipinski definition) is 3. The summed E-state index contributed by atoms with van der Waals surface area (Å²) >= 11 is 1.25. The van der Waals surface area contributed by atoms with Crippen molar-refractivity contribution in [2.75, 3.05) is 4.72 Å². The molecular formula is C13H15N3O3S2. The van der Waals surface area contributed by atoms with Gasteiger partial charge in [0.05, 0.1) is 0 Å². The average molecular weight is 325 g/mol. The van der Waals surface area contributed by atoms with Gasteiger partial charge in [0.25, 0.3) is 10.0 Å². The third-order valence-corrected chi connectivity index (χ3v) is 5.89. The molecule has 0 radical (unpaired) electrons. The summed E-state index contributed by atoms with van der Waals surface area (Å²) in [7, 11) is -3.58. The largest absolute Gasteiger partial charge is 0.409 e. The number of anilines is 1. The lowest BCUT2D eigenvalue weighted by atomic mass is 10.2. The van der Waals surface area contributed by atoms with Crippen LogP contribution in [0.2, 0.25) is 0 Å². The zero-order valence-corrected chi connectivity index (χ0v) is 12.9. The van der Waals surface area contributed by atoms with E-state index in [1.54, 1.807) is 36.4 Å². The zero-order valence-electron chi connectivity index (χ0n) is 11.3. The summed E-state index contributed by atoms with van der Waals surface area (Å²) in [5, 5.41) is 11.5. The molecule has 4 N–H and O–H groups in total. The highest BCUT2D eigenvalue weighted by Gasteiger charge is 2.16. The van der Waals surface area contributed by atoms with Crippen molar-refractivity contribution in [3.8, 4) is 0 Å². The Morgan fingerprint density at radius 2 is 1.95 bits per heavy atom. The van der Waals surface area contributed by atoms with Gasteiger partial charge in [-0.25, -0.2) is 8.42 Å². The van der Waals surface area contributed by atoms with Gasteiger partial charge in [0.1, 0.15) is 4.21 Å². The Hall–Kier alpha value is -2.06. The molecule has 0 unspecified atom stereocenters. The van der Waals surface area contributed by atoms with Gasteiger partial charge < -0.3 is 10.9 Å². The molecule has 2 aromatic rings. The summed E-state index contributed by atoms with van der Waals surface area (Å²) in [5.74, 6) is -0.0322. The Balaban J connectivity index is 2.20. The number of amidine groups is 1. The van der Waals surface area contributed by atoms with Gasteiger partial charge in [-0.3, -0.25) is 4.72 Å². The topological polar surface area (TPSA) is 105 Å². The van der Waals surface area contributed by atoms with E-state index in [-0.39, 0.29) is 10.0 Å². The van der Waals surface area contributed by atoms with E-state index in [0.29, 0.717) is 11.3 Å². The molecule has 112 valence electrons. The number of hydrogen-bond acceptors (Lipinski definition) is 5. The van der Waals surface area contributed by atoms with Crippen LogP contribution in [0, 0.1) is 0 Å². The Kier molecular flexibility index (Phi) is 4.49. The first-order valence-corrected chi connectivity index (χ1v) is 8.45. The molecule has 0 fully saturated rings. The molecule has 1 aromatic carbocycles. The van der Waals surface area contributed by atoms with Crippen LogP contribution in [0.15, 0.2) is 45.8 Å². The van der Waals surface area contributed by atoms with Gasteiger partial charge in [-0.05, 0) is 42.8 Å². The monoisotopic (exact) mass is 325 g/mol. The van der Waals surface area contributed by atoms with Crippen LogP contribution in [-0.2, 0) is 16.4 Å². The van der Waals surface area contributed by atoms with Crippen LogP contribution in [0.3, 0.4) is 0 Å². The van der Waals surface area contributed by atoms with Gasteiger partial charge in [-0.15, -0.1) is 11.3 Å². The van der Waals surface area contributed by atoms with Crippen LogP contribution in [0.1, 0.15) is 17.4 Å². The summed E-state index contributed by atoms with van der Waals surface area (Å²) in [4.78, 5) is 1.01. The molecule has 0 amide bonds. The quantitative estimate of drug-likeness (QED) is 0.339. The fraction of sp³-hybridized carbons (Fsp3) is 0.154. The van der Waals surface area contributed by atoms with Crippen LogP contribution in [0.25, 0.3) is 0 Å². The first-order valence-electron chi connectivity index (χ1n) is 6.15. The number of oxime groups is 1. The maximum Gasteiger partial charge on any atom is 0.271 e. The maximum atomic E-state index is 12.2. The molecular weight excluding hydrogens is 310 g/mol. The van der Waals surface area contributed by atoms with Gasteiger partial charge in [-0.1, -0.05) is 12.1 Å². The Bertz CT molecular complexity index is 749. The third-order valence-electron chi connectivity index (χ3n) is 2.79. The summed E-state index contributed by atoms with van der Waals surface area (Å²) < 4.78 is 27.2. The molecule has 0 saturated heterocycles. The van der Waals surface area contributed by atoms with Crippen molar-refractivity contribution in [2.24, 2.45) is 10.9 Å². The zero-order chi connectivity index (χ0) is 15.5.